The van der Waals surface area contributed by atoms with E-state index >= 15 is 0 Å². The molecule has 1 aromatic heterocycles. The van der Waals surface area contributed by atoms with E-state index in [1.807, 2.05) is 6.07 Å². The van der Waals surface area contributed by atoms with E-state index in [2.05, 4.69) is 4.98 Å². The lowest BCUT2D eigenvalue weighted by Gasteiger charge is -2.00. The molecular weight excluding hydrogens is 242 g/mol. The molecular formula is C12H11ClNO3+. The number of esters is 1. The van der Waals surface area contributed by atoms with Crippen LogP contribution in [-0.4, -0.2) is 11.1 Å². The molecule has 0 fully saturated rings. The molecule has 0 spiro atoms. The molecule has 0 saturated heterocycles. The average molecular weight is 253 g/mol. The Labute approximate surface area is 103 Å². The number of carbonyl (C=O) groups is 1. The van der Waals surface area contributed by atoms with Gasteiger partial charge in [-0.05, 0) is 18.2 Å². The molecule has 0 radical (unpaired) electrons. The summed E-state index contributed by atoms with van der Waals surface area (Å²) in [6.45, 7) is 1.50. The van der Waals surface area contributed by atoms with E-state index in [9.17, 15) is 9.90 Å². The van der Waals surface area contributed by atoms with Gasteiger partial charge in [0, 0.05) is 18.4 Å². The van der Waals surface area contributed by atoms with Gasteiger partial charge < -0.3 is 9.84 Å². The summed E-state index contributed by atoms with van der Waals surface area (Å²) in [5, 5.41) is 10.6. The lowest BCUT2D eigenvalue weighted by atomic mass is 10.2. The highest BCUT2D eigenvalue weighted by atomic mass is 35.5. The number of fused-ring (bicyclic) bond motifs is 1. The summed E-state index contributed by atoms with van der Waals surface area (Å²) in [5.74, 6) is -0.333. The molecule has 2 rings (SSSR count). The minimum atomic E-state index is -0.347. The van der Waals surface area contributed by atoms with Gasteiger partial charge in [-0.2, -0.15) is 0 Å². The number of aromatic nitrogens is 1. The van der Waals surface area contributed by atoms with E-state index < -0.39 is 0 Å². The summed E-state index contributed by atoms with van der Waals surface area (Å²) >= 11 is 5.97. The topological polar surface area (TPSA) is 60.7 Å². The van der Waals surface area contributed by atoms with Gasteiger partial charge in [0.1, 0.15) is 5.75 Å². The Kier molecular flexibility index (Phi) is 3.15. The van der Waals surface area contributed by atoms with Crippen molar-refractivity contribution in [3.8, 4) is 5.75 Å². The number of nitrogens with one attached hydrogen (secondary N) is 1. The molecule has 0 saturated carbocycles. The number of phenolic OH excluding ortho intramolecular Hbond substituents is 1. The van der Waals surface area contributed by atoms with Crippen molar-refractivity contribution in [1.82, 2.24) is 0 Å². The highest BCUT2D eigenvalue weighted by Crippen LogP contribution is 2.28. The lowest BCUT2D eigenvalue weighted by Crippen LogP contribution is -2.14. The van der Waals surface area contributed by atoms with Gasteiger partial charge in [0.2, 0.25) is 11.2 Å². The lowest BCUT2D eigenvalue weighted by molar-refractivity contribution is -0.363. The maximum atomic E-state index is 10.7. The van der Waals surface area contributed by atoms with Gasteiger partial charge in [-0.3, -0.25) is 4.79 Å². The van der Waals surface area contributed by atoms with E-state index in [0.29, 0.717) is 11.2 Å². The molecule has 0 bridgehead atoms. The molecule has 2 aromatic rings. The Morgan fingerprint density at radius 3 is 2.82 bits per heavy atom. The number of phenols is 1. The van der Waals surface area contributed by atoms with Crippen LogP contribution in [0.2, 0.25) is 5.02 Å². The van der Waals surface area contributed by atoms with Crippen molar-refractivity contribution in [1.29, 1.82) is 0 Å². The molecule has 5 heteroatoms. The van der Waals surface area contributed by atoms with Crippen molar-refractivity contribution in [2.45, 2.75) is 13.5 Å². The van der Waals surface area contributed by atoms with Crippen molar-refractivity contribution in [3.05, 3.63) is 35.0 Å². The second kappa shape index (κ2) is 4.59. The van der Waals surface area contributed by atoms with Gasteiger partial charge in [0.05, 0.1) is 0 Å². The molecule has 0 aliphatic carbocycles. The van der Waals surface area contributed by atoms with Gasteiger partial charge in [-0.1, -0.05) is 11.6 Å². The Morgan fingerprint density at radius 1 is 1.41 bits per heavy atom. The normalized spacial score (nSPS) is 10.5. The second-order valence-electron chi connectivity index (χ2n) is 3.63. The number of benzene rings is 1. The Hall–Kier alpha value is -1.81. The molecule has 17 heavy (non-hydrogen) atoms. The summed E-state index contributed by atoms with van der Waals surface area (Å²) in [4.78, 5) is 13.7. The summed E-state index contributed by atoms with van der Waals surface area (Å²) < 4.78 is 4.87. The number of aromatic amines is 1. The van der Waals surface area contributed by atoms with Gasteiger partial charge in [0.25, 0.3) is 0 Å². The number of rotatable bonds is 2. The number of H-pyrrole nitrogens is 1. The van der Waals surface area contributed by atoms with Crippen LogP contribution in [0, 0.1) is 0 Å². The summed E-state index contributed by atoms with van der Waals surface area (Å²) in [7, 11) is 0. The van der Waals surface area contributed by atoms with Crippen LogP contribution in [0.15, 0.2) is 24.3 Å². The first-order valence-corrected chi connectivity index (χ1v) is 5.41. The number of carbonyl (C=O) groups excluding carboxylic acids is 1. The van der Waals surface area contributed by atoms with Crippen LogP contribution in [0.1, 0.15) is 12.6 Å². The quantitative estimate of drug-likeness (QED) is 0.833. The van der Waals surface area contributed by atoms with Gasteiger partial charge in [-0.15, -0.1) is 0 Å². The third-order valence-electron chi connectivity index (χ3n) is 2.33. The number of pyridine rings is 1. The molecule has 0 atom stereocenters. The monoisotopic (exact) mass is 252 g/mol. The summed E-state index contributed by atoms with van der Waals surface area (Å²) in [6.07, 6.45) is 0. The van der Waals surface area contributed by atoms with Crippen molar-refractivity contribution in [2.24, 2.45) is 0 Å². The largest absolute Gasteiger partial charge is 0.506 e. The minimum Gasteiger partial charge on any atom is -0.506 e. The second-order valence-corrected chi connectivity index (χ2v) is 4.00. The van der Waals surface area contributed by atoms with Crippen molar-refractivity contribution >= 4 is 28.5 Å². The fraction of sp³-hybridized carbons (Fsp3) is 0.167. The molecule has 1 aromatic carbocycles. The molecule has 0 amide bonds. The molecule has 1 heterocycles. The third-order valence-corrected chi connectivity index (χ3v) is 2.72. The zero-order valence-corrected chi connectivity index (χ0v) is 9.91. The van der Waals surface area contributed by atoms with Gasteiger partial charge in [0.15, 0.2) is 11.6 Å². The highest BCUT2D eigenvalue weighted by Gasteiger charge is 2.13. The number of ether oxygens (including phenoxy) is 1. The predicted molar refractivity (Wildman–Crippen MR) is 62.6 cm³/mol. The fourth-order valence-electron chi connectivity index (χ4n) is 1.50. The molecule has 0 aliphatic heterocycles. The van der Waals surface area contributed by atoms with Crippen molar-refractivity contribution in [2.75, 3.05) is 0 Å². The molecule has 88 valence electrons. The highest BCUT2D eigenvalue weighted by molar-refractivity contribution is 6.36. The van der Waals surface area contributed by atoms with E-state index in [0.717, 1.165) is 5.39 Å². The van der Waals surface area contributed by atoms with Crippen LogP contribution in [0.25, 0.3) is 10.9 Å². The van der Waals surface area contributed by atoms with E-state index in [4.69, 9.17) is 16.3 Å². The first-order chi connectivity index (χ1) is 8.08. The summed E-state index contributed by atoms with van der Waals surface area (Å²) in [6, 6.07) is 6.93. The smallest absolute Gasteiger partial charge is 0.303 e. The van der Waals surface area contributed by atoms with Crippen LogP contribution in [-0.2, 0) is 16.1 Å². The van der Waals surface area contributed by atoms with E-state index in [1.165, 1.54) is 13.0 Å². The number of aromatic hydroxyl groups is 1. The maximum absolute atomic E-state index is 10.7. The SMILES string of the molecule is CC(=O)OCc1ccc2ccc(O)c(Cl)c2[nH+]1. The van der Waals surface area contributed by atoms with E-state index in [1.54, 1.807) is 12.1 Å². The first-order valence-electron chi connectivity index (χ1n) is 5.03. The van der Waals surface area contributed by atoms with E-state index in [-0.39, 0.29) is 23.3 Å². The first kappa shape index (κ1) is 11.7. The maximum Gasteiger partial charge on any atom is 0.303 e. The van der Waals surface area contributed by atoms with Gasteiger partial charge >= 0.3 is 5.97 Å². The van der Waals surface area contributed by atoms with Crippen molar-refractivity contribution < 1.29 is 19.6 Å². The number of halogens is 1. The molecule has 0 unspecified atom stereocenters. The van der Waals surface area contributed by atoms with Crippen LogP contribution in [0.4, 0.5) is 0 Å². The number of hydrogen-bond acceptors (Lipinski definition) is 3. The standard InChI is InChI=1S/C12H10ClNO3/c1-7(15)17-6-9-4-2-8-3-5-10(16)11(13)12(8)14-9/h2-5,16H,6H2,1H3/p+1. The van der Waals surface area contributed by atoms with Gasteiger partial charge in [-0.25, -0.2) is 4.98 Å². The van der Waals surface area contributed by atoms with Crippen molar-refractivity contribution in [3.63, 3.8) is 0 Å². The Morgan fingerprint density at radius 2 is 2.12 bits per heavy atom. The van der Waals surface area contributed by atoms with Crippen LogP contribution < -0.4 is 4.98 Å². The van der Waals surface area contributed by atoms with Crippen LogP contribution >= 0.6 is 11.6 Å². The molecule has 4 nitrogen and oxygen atoms in total. The number of hydrogen-bond donors (Lipinski definition) is 1. The average Bonchev–Trinajstić information content (AvgIpc) is 2.31. The molecule has 0 aliphatic rings. The third kappa shape index (κ3) is 2.47. The zero-order valence-electron chi connectivity index (χ0n) is 9.16. The Balaban J connectivity index is 2.41. The zero-order chi connectivity index (χ0) is 12.4. The minimum absolute atomic E-state index is 0.0139. The predicted octanol–water partition coefficient (Wildman–Crippen LogP) is 2.08. The summed E-state index contributed by atoms with van der Waals surface area (Å²) in [5.41, 5.74) is 1.33. The molecule has 2 N–H and O–H groups in total. The fourth-order valence-corrected chi connectivity index (χ4v) is 1.72. The van der Waals surface area contributed by atoms with Crippen LogP contribution in [0.5, 0.6) is 5.75 Å². The Bertz CT molecular complexity index is 583. The van der Waals surface area contributed by atoms with Crippen LogP contribution in [0.3, 0.4) is 0 Å².